The predicted molar refractivity (Wildman–Crippen MR) is 68.7 cm³/mol. The van der Waals surface area contributed by atoms with E-state index in [1.54, 1.807) is 0 Å². The smallest absolute Gasteiger partial charge is 0.143 e. The molecule has 0 heterocycles. The van der Waals surface area contributed by atoms with Crippen molar-refractivity contribution in [1.29, 1.82) is 0 Å². The van der Waals surface area contributed by atoms with Gasteiger partial charge in [-0.2, -0.15) is 0 Å². The molecule has 0 amide bonds. The molecule has 0 saturated heterocycles. The van der Waals surface area contributed by atoms with Crippen LogP contribution in [0, 0.1) is 17.7 Å². The van der Waals surface area contributed by atoms with E-state index in [9.17, 15) is 4.39 Å². The van der Waals surface area contributed by atoms with Crippen molar-refractivity contribution < 1.29 is 4.39 Å². The van der Waals surface area contributed by atoms with Crippen LogP contribution in [0.25, 0.3) is 0 Å². The fourth-order valence-electron chi connectivity index (χ4n) is 2.40. The van der Waals surface area contributed by atoms with Crippen LogP contribution in [0.3, 0.4) is 0 Å². The molecule has 2 fully saturated rings. The third kappa shape index (κ3) is 2.34. The maximum atomic E-state index is 13.4. The van der Waals surface area contributed by atoms with Gasteiger partial charge in [0.05, 0.1) is 16.4 Å². The van der Waals surface area contributed by atoms with E-state index in [2.05, 4.69) is 5.32 Å². The molecule has 3 rings (SSSR count). The minimum Gasteiger partial charge on any atom is -0.397 e. The average Bonchev–Trinajstić information content (AvgIpc) is 3.15. The molecule has 2 nitrogen and oxygen atoms in total. The minimum absolute atomic E-state index is 0.0856. The van der Waals surface area contributed by atoms with Crippen molar-refractivity contribution in [3.8, 4) is 0 Å². The lowest BCUT2D eigenvalue weighted by atomic mass is 10.1. The van der Waals surface area contributed by atoms with E-state index in [0.29, 0.717) is 17.4 Å². The second-order valence-corrected chi connectivity index (χ2v) is 5.61. The summed E-state index contributed by atoms with van der Waals surface area (Å²) >= 11 is 5.69. The van der Waals surface area contributed by atoms with Crippen LogP contribution in [-0.2, 0) is 0 Å². The molecule has 2 aliphatic carbocycles. The highest BCUT2D eigenvalue weighted by Gasteiger charge is 2.41. The molecule has 0 spiro atoms. The van der Waals surface area contributed by atoms with Crippen molar-refractivity contribution >= 4 is 23.0 Å². The summed E-state index contributed by atoms with van der Waals surface area (Å²) in [4.78, 5) is 0. The number of halogens is 2. The maximum absolute atomic E-state index is 13.4. The lowest BCUT2D eigenvalue weighted by molar-refractivity contribution is 0.566. The average molecular weight is 255 g/mol. The van der Waals surface area contributed by atoms with Crippen LogP contribution in [0.1, 0.15) is 25.7 Å². The van der Waals surface area contributed by atoms with Gasteiger partial charge in [0.25, 0.3) is 0 Å². The van der Waals surface area contributed by atoms with E-state index in [1.165, 1.54) is 37.8 Å². The molecule has 92 valence electrons. The zero-order valence-corrected chi connectivity index (χ0v) is 10.3. The number of nitrogens with one attached hydrogen (secondary N) is 1. The Morgan fingerprint density at radius 3 is 2.35 bits per heavy atom. The van der Waals surface area contributed by atoms with Gasteiger partial charge in [0.1, 0.15) is 5.82 Å². The molecule has 0 unspecified atom stereocenters. The molecule has 4 heteroatoms. The fraction of sp³-hybridized carbons (Fsp3) is 0.538. The summed E-state index contributed by atoms with van der Waals surface area (Å²) in [6.45, 7) is 0. The van der Waals surface area contributed by atoms with Crippen molar-refractivity contribution in [1.82, 2.24) is 0 Å². The molecule has 2 saturated carbocycles. The Bertz CT molecular complexity index is 429. The topological polar surface area (TPSA) is 38.0 Å². The number of rotatable bonds is 4. The second kappa shape index (κ2) is 4.05. The van der Waals surface area contributed by atoms with Gasteiger partial charge >= 0.3 is 0 Å². The molecule has 17 heavy (non-hydrogen) atoms. The summed E-state index contributed by atoms with van der Waals surface area (Å²) in [5, 5.41) is 3.50. The first-order chi connectivity index (χ1) is 8.15. The SMILES string of the molecule is Nc1cc(Cl)c(F)cc1NC(C1CC1)C1CC1. The van der Waals surface area contributed by atoms with Crippen molar-refractivity contribution in [2.45, 2.75) is 31.7 Å². The zero-order chi connectivity index (χ0) is 12.0. The third-order valence-electron chi connectivity index (χ3n) is 3.67. The maximum Gasteiger partial charge on any atom is 0.143 e. The van der Waals surface area contributed by atoms with Crippen LogP contribution >= 0.6 is 11.6 Å². The van der Waals surface area contributed by atoms with Gasteiger partial charge in [-0.3, -0.25) is 0 Å². The van der Waals surface area contributed by atoms with E-state index >= 15 is 0 Å². The second-order valence-electron chi connectivity index (χ2n) is 5.20. The molecule has 0 aliphatic heterocycles. The van der Waals surface area contributed by atoms with E-state index in [-0.39, 0.29) is 5.02 Å². The van der Waals surface area contributed by atoms with E-state index in [4.69, 9.17) is 17.3 Å². The first-order valence-corrected chi connectivity index (χ1v) is 6.54. The Balaban J connectivity index is 1.81. The fourth-order valence-corrected chi connectivity index (χ4v) is 2.57. The Morgan fingerprint density at radius 1 is 1.24 bits per heavy atom. The quantitative estimate of drug-likeness (QED) is 0.805. The lowest BCUT2D eigenvalue weighted by Gasteiger charge is -2.20. The number of anilines is 2. The van der Waals surface area contributed by atoms with Crippen molar-refractivity contribution in [3.05, 3.63) is 23.0 Å². The molecule has 0 aromatic heterocycles. The number of benzene rings is 1. The molecule has 0 atom stereocenters. The number of hydrogen-bond acceptors (Lipinski definition) is 2. The van der Waals surface area contributed by atoms with Crippen LogP contribution in [0.4, 0.5) is 15.8 Å². The monoisotopic (exact) mass is 254 g/mol. The largest absolute Gasteiger partial charge is 0.397 e. The normalized spacial score (nSPS) is 19.7. The standard InChI is InChI=1S/C13H16ClFN2/c14-9-5-11(16)12(6-10(9)15)17-13(7-1-2-7)8-3-4-8/h5-8,13,17H,1-4,16H2. The highest BCUT2D eigenvalue weighted by atomic mass is 35.5. The van der Waals surface area contributed by atoms with Crippen LogP contribution in [-0.4, -0.2) is 6.04 Å². The Kier molecular flexibility index (Phi) is 2.66. The van der Waals surface area contributed by atoms with E-state index < -0.39 is 5.82 Å². The van der Waals surface area contributed by atoms with Gasteiger partial charge in [-0.05, 0) is 43.6 Å². The van der Waals surface area contributed by atoms with Crippen LogP contribution < -0.4 is 11.1 Å². The summed E-state index contributed by atoms with van der Waals surface area (Å²) in [6, 6.07) is 3.36. The molecular weight excluding hydrogens is 239 g/mol. The summed E-state index contributed by atoms with van der Waals surface area (Å²) in [5.74, 6) is 1.09. The predicted octanol–water partition coefficient (Wildman–Crippen LogP) is 3.66. The van der Waals surface area contributed by atoms with Crippen LogP contribution in [0.15, 0.2) is 12.1 Å². The summed E-state index contributed by atoms with van der Waals surface area (Å²) in [6.07, 6.45) is 5.13. The Labute approximate surface area is 105 Å². The van der Waals surface area contributed by atoms with Crippen molar-refractivity contribution in [3.63, 3.8) is 0 Å². The van der Waals surface area contributed by atoms with Gasteiger partial charge in [-0.25, -0.2) is 4.39 Å². The Morgan fingerprint density at radius 2 is 1.82 bits per heavy atom. The molecule has 0 radical (unpaired) electrons. The van der Waals surface area contributed by atoms with Gasteiger partial charge in [0, 0.05) is 12.1 Å². The molecule has 3 N–H and O–H groups in total. The molecule has 1 aromatic rings. The van der Waals surface area contributed by atoms with Crippen LogP contribution in [0.2, 0.25) is 5.02 Å². The van der Waals surface area contributed by atoms with Gasteiger partial charge in [0.2, 0.25) is 0 Å². The van der Waals surface area contributed by atoms with Gasteiger partial charge in [0.15, 0.2) is 0 Å². The molecule has 2 aliphatic rings. The minimum atomic E-state index is -0.409. The highest BCUT2D eigenvalue weighted by Crippen LogP contribution is 2.46. The summed E-state index contributed by atoms with van der Waals surface area (Å²) in [5.41, 5.74) is 7.09. The number of hydrogen-bond donors (Lipinski definition) is 2. The molecule has 0 bridgehead atoms. The first-order valence-electron chi connectivity index (χ1n) is 6.16. The summed E-state index contributed by atoms with van der Waals surface area (Å²) in [7, 11) is 0. The van der Waals surface area contributed by atoms with Crippen LogP contribution in [0.5, 0.6) is 0 Å². The van der Waals surface area contributed by atoms with Gasteiger partial charge in [-0.15, -0.1) is 0 Å². The zero-order valence-electron chi connectivity index (χ0n) is 9.55. The summed E-state index contributed by atoms with van der Waals surface area (Å²) < 4.78 is 13.4. The van der Waals surface area contributed by atoms with Crippen molar-refractivity contribution in [2.24, 2.45) is 11.8 Å². The lowest BCUT2D eigenvalue weighted by Crippen LogP contribution is -2.24. The van der Waals surface area contributed by atoms with E-state index in [0.717, 1.165) is 11.8 Å². The van der Waals surface area contributed by atoms with Gasteiger partial charge < -0.3 is 11.1 Å². The van der Waals surface area contributed by atoms with Gasteiger partial charge in [-0.1, -0.05) is 11.6 Å². The number of nitrogen functional groups attached to an aromatic ring is 1. The van der Waals surface area contributed by atoms with Crippen molar-refractivity contribution in [2.75, 3.05) is 11.1 Å². The molecule has 1 aromatic carbocycles. The highest BCUT2D eigenvalue weighted by molar-refractivity contribution is 6.31. The number of nitrogens with two attached hydrogens (primary N) is 1. The Hall–Kier alpha value is -0.960. The third-order valence-corrected chi connectivity index (χ3v) is 3.96. The first kappa shape index (κ1) is 11.1. The van der Waals surface area contributed by atoms with E-state index in [1.807, 2.05) is 0 Å². The molecular formula is C13H16ClFN2.